The Labute approximate surface area is 95.7 Å². The molecule has 2 nitrogen and oxygen atoms in total. The molecule has 0 N–H and O–H groups in total. The molecule has 2 aromatic rings. The fourth-order valence-corrected chi connectivity index (χ4v) is 1.90. The molecule has 2 rings (SSSR count). The van der Waals surface area contributed by atoms with E-state index in [2.05, 4.69) is 0 Å². The number of aromatic nitrogens is 1. The number of hydrogen-bond acceptors (Lipinski definition) is 1. The van der Waals surface area contributed by atoms with Crippen LogP contribution in [0.3, 0.4) is 0 Å². The van der Waals surface area contributed by atoms with E-state index in [4.69, 9.17) is 0 Å². The van der Waals surface area contributed by atoms with Gasteiger partial charge in [-0.1, -0.05) is 6.07 Å². The van der Waals surface area contributed by atoms with E-state index in [0.29, 0.717) is 29.4 Å². The zero-order valence-electron chi connectivity index (χ0n) is 9.08. The maximum absolute atomic E-state index is 12.6. The first-order chi connectivity index (χ1) is 7.97. The van der Waals surface area contributed by atoms with Gasteiger partial charge >= 0.3 is 6.18 Å². The summed E-state index contributed by atoms with van der Waals surface area (Å²) in [4.78, 5) is 10.8. The first-order valence-electron chi connectivity index (χ1n) is 5.13. The second-order valence-electron chi connectivity index (χ2n) is 3.70. The number of halogens is 3. The van der Waals surface area contributed by atoms with Gasteiger partial charge in [-0.2, -0.15) is 13.2 Å². The molecular formula is C12H10F3NO. The van der Waals surface area contributed by atoms with E-state index in [1.54, 1.807) is 17.6 Å². The Kier molecular flexibility index (Phi) is 2.69. The van der Waals surface area contributed by atoms with Gasteiger partial charge in [0, 0.05) is 17.4 Å². The Balaban J connectivity index is 2.71. The summed E-state index contributed by atoms with van der Waals surface area (Å²) in [6.45, 7) is 2.24. The van der Waals surface area contributed by atoms with Crippen LogP contribution in [0.4, 0.5) is 13.2 Å². The summed E-state index contributed by atoms with van der Waals surface area (Å²) in [6, 6.07) is 5.08. The fourth-order valence-electron chi connectivity index (χ4n) is 1.90. The molecule has 0 saturated heterocycles. The highest BCUT2D eigenvalue weighted by Gasteiger charge is 2.30. The molecular weight excluding hydrogens is 231 g/mol. The van der Waals surface area contributed by atoms with Crippen LogP contribution in [0.25, 0.3) is 10.9 Å². The number of hydrogen-bond donors (Lipinski definition) is 0. The van der Waals surface area contributed by atoms with Crippen molar-refractivity contribution in [2.75, 3.05) is 0 Å². The average molecular weight is 241 g/mol. The SMILES string of the molecule is CCn1c(C=O)cc2ccc(C(F)(F)F)cc21. The maximum atomic E-state index is 12.6. The van der Waals surface area contributed by atoms with Gasteiger partial charge in [0.15, 0.2) is 6.29 Å². The van der Waals surface area contributed by atoms with Crippen molar-refractivity contribution in [3.05, 3.63) is 35.5 Å². The molecule has 0 amide bonds. The normalized spacial score (nSPS) is 12.0. The highest BCUT2D eigenvalue weighted by Crippen LogP contribution is 2.32. The lowest BCUT2D eigenvalue weighted by atomic mass is 10.1. The van der Waals surface area contributed by atoms with E-state index in [0.717, 1.165) is 12.1 Å². The lowest BCUT2D eigenvalue weighted by Crippen LogP contribution is -2.05. The van der Waals surface area contributed by atoms with Crippen LogP contribution in [0.5, 0.6) is 0 Å². The average Bonchev–Trinajstić information content (AvgIpc) is 2.64. The van der Waals surface area contributed by atoms with Gasteiger partial charge in [0.25, 0.3) is 0 Å². The van der Waals surface area contributed by atoms with Gasteiger partial charge in [0.1, 0.15) is 0 Å². The maximum Gasteiger partial charge on any atom is 0.416 e. The number of rotatable bonds is 2. The molecule has 1 heterocycles. The minimum atomic E-state index is -4.36. The summed E-state index contributed by atoms with van der Waals surface area (Å²) < 4.78 is 39.3. The van der Waals surface area contributed by atoms with Crippen molar-refractivity contribution in [1.82, 2.24) is 4.57 Å². The molecule has 1 aromatic carbocycles. The number of alkyl halides is 3. The molecule has 0 aliphatic heterocycles. The molecule has 0 radical (unpaired) electrons. The van der Waals surface area contributed by atoms with E-state index in [9.17, 15) is 18.0 Å². The Morgan fingerprint density at radius 1 is 1.29 bits per heavy atom. The summed E-state index contributed by atoms with van der Waals surface area (Å²) in [7, 11) is 0. The van der Waals surface area contributed by atoms with Crippen molar-refractivity contribution >= 4 is 17.2 Å². The molecule has 0 unspecified atom stereocenters. The van der Waals surface area contributed by atoms with Crippen molar-refractivity contribution in [3.63, 3.8) is 0 Å². The molecule has 0 spiro atoms. The molecule has 0 bridgehead atoms. The van der Waals surface area contributed by atoms with Gasteiger partial charge in [-0.25, -0.2) is 0 Å². The van der Waals surface area contributed by atoms with Crippen LogP contribution < -0.4 is 0 Å². The Morgan fingerprint density at radius 3 is 2.53 bits per heavy atom. The minimum absolute atomic E-state index is 0.391. The van der Waals surface area contributed by atoms with Gasteiger partial charge in [0.05, 0.1) is 11.3 Å². The van der Waals surface area contributed by atoms with Gasteiger partial charge in [-0.3, -0.25) is 4.79 Å². The smallest absolute Gasteiger partial charge is 0.339 e. The number of carbonyl (C=O) groups excluding carboxylic acids is 1. The largest absolute Gasteiger partial charge is 0.416 e. The molecule has 0 atom stereocenters. The summed E-state index contributed by atoms with van der Waals surface area (Å²) in [5.74, 6) is 0. The van der Waals surface area contributed by atoms with Crippen molar-refractivity contribution < 1.29 is 18.0 Å². The quantitative estimate of drug-likeness (QED) is 0.737. The van der Waals surface area contributed by atoms with E-state index in [1.807, 2.05) is 0 Å². The van der Waals surface area contributed by atoms with Crippen LogP contribution in [0, 0.1) is 0 Å². The Hall–Kier alpha value is -1.78. The summed E-state index contributed by atoms with van der Waals surface area (Å²) >= 11 is 0. The monoisotopic (exact) mass is 241 g/mol. The van der Waals surface area contributed by atoms with E-state index in [1.165, 1.54) is 6.07 Å². The molecule has 0 aliphatic rings. The molecule has 90 valence electrons. The summed E-state index contributed by atoms with van der Waals surface area (Å²) in [6.07, 6.45) is -3.71. The van der Waals surface area contributed by atoms with E-state index >= 15 is 0 Å². The predicted octanol–water partition coefficient (Wildman–Crippen LogP) is 3.49. The third-order valence-electron chi connectivity index (χ3n) is 2.70. The lowest BCUT2D eigenvalue weighted by molar-refractivity contribution is -0.137. The van der Waals surface area contributed by atoms with E-state index in [-0.39, 0.29) is 0 Å². The lowest BCUT2D eigenvalue weighted by Gasteiger charge is -2.08. The molecule has 17 heavy (non-hydrogen) atoms. The molecule has 0 aliphatic carbocycles. The third kappa shape index (κ3) is 1.92. The first kappa shape index (κ1) is 11.7. The number of carbonyl (C=O) groups is 1. The fraction of sp³-hybridized carbons (Fsp3) is 0.250. The van der Waals surface area contributed by atoms with Crippen LogP contribution in [0.1, 0.15) is 23.0 Å². The van der Waals surface area contributed by atoms with E-state index < -0.39 is 11.7 Å². The summed E-state index contributed by atoms with van der Waals surface area (Å²) in [5, 5.41) is 0.641. The van der Waals surface area contributed by atoms with Crippen molar-refractivity contribution in [2.45, 2.75) is 19.6 Å². The second-order valence-corrected chi connectivity index (χ2v) is 3.70. The molecule has 1 aromatic heterocycles. The van der Waals surface area contributed by atoms with Gasteiger partial charge in [-0.15, -0.1) is 0 Å². The van der Waals surface area contributed by atoms with Crippen LogP contribution in [0.15, 0.2) is 24.3 Å². The second kappa shape index (κ2) is 3.91. The van der Waals surface area contributed by atoms with Crippen LogP contribution in [-0.4, -0.2) is 10.9 Å². The zero-order valence-corrected chi connectivity index (χ0v) is 9.08. The first-order valence-corrected chi connectivity index (χ1v) is 5.13. The van der Waals surface area contributed by atoms with Gasteiger partial charge in [0.2, 0.25) is 0 Å². The van der Waals surface area contributed by atoms with Gasteiger partial charge in [-0.05, 0) is 25.1 Å². The topological polar surface area (TPSA) is 22.0 Å². The van der Waals surface area contributed by atoms with Crippen LogP contribution >= 0.6 is 0 Å². The standard InChI is InChI=1S/C12H10F3NO/c1-2-16-10(7-17)5-8-3-4-9(6-11(8)16)12(13,14)15/h3-7H,2H2,1H3. The van der Waals surface area contributed by atoms with Gasteiger partial charge < -0.3 is 4.57 Å². The van der Waals surface area contributed by atoms with Crippen molar-refractivity contribution in [1.29, 1.82) is 0 Å². The Morgan fingerprint density at radius 2 is 2.00 bits per heavy atom. The number of aldehydes is 1. The van der Waals surface area contributed by atoms with Crippen LogP contribution in [0.2, 0.25) is 0 Å². The molecule has 5 heteroatoms. The summed E-state index contributed by atoms with van der Waals surface area (Å²) in [5.41, 5.74) is 0.126. The number of nitrogens with zero attached hydrogens (tertiary/aromatic N) is 1. The molecule has 0 saturated carbocycles. The predicted molar refractivity (Wildman–Crippen MR) is 58.0 cm³/mol. The molecule has 0 fully saturated rings. The highest BCUT2D eigenvalue weighted by molar-refractivity contribution is 5.89. The number of benzene rings is 1. The van der Waals surface area contributed by atoms with Crippen LogP contribution in [-0.2, 0) is 12.7 Å². The number of aryl methyl sites for hydroxylation is 1. The number of fused-ring (bicyclic) bond motifs is 1. The minimum Gasteiger partial charge on any atom is -0.339 e. The Bertz CT molecular complexity index is 569. The van der Waals surface area contributed by atoms with Crippen molar-refractivity contribution in [2.24, 2.45) is 0 Å². The zero-order chi connectivity index (χ0) is 12.6. The highest BCUT2D eigenvalue weighted by atomic mass is 19.4. The van der Waals surface area contributed by atoms with Crippen molar-refractivity contribution in [3.8, 4) is 0 Å². The third-order valence-corrected chi connectivity index (χ3v) is 2.70.